The molecule has 0 aliphatic carbocycles. The minimum Gasteiger partial charge on any atom is -0.326 e. The zero-order valence-electron chi connectivity index (χ0n) is 7.74. The fourth-order valence-electron chi connectivity index (χ4n) is 0.961. The first-order valence-electron chi connectivity index (χ1n) is 3.88. The molecule has 0 spiro atoms. The van der Waals surface area contributed by atoms with E-state index in [4.69, 9.17) is 5.73 Å². The van der Waals surface area contributed by atoms with Crippen LogP contribution in [-0.4, -0.2) is 18.1 Å². The maximum Gasteiger partial charge on any atom is 0.281 e. The van der Waals surface area contributed by atoms with Crippen molar-refractivity contribution in [2.75, 3.05) is 7.05 Å². The summed E-state index contributed by atoms with van der Waals surface area (Å²) < 4.78 is 12.4. The van der Waals surface area contributed by atoms with Crippen molar-refractivity contribution in [2.24, 2.45) is 5.73 Å². The average Bonchev–Trinajstić information content (AvgIpc) is 2.17. The Kier molecular flexibility index (Phi) is 5.12. The van der Waals surface area contributed by atoms with Crippen LogP contribution in [0.15, 0.2) is 24.3 Å². The fraction of sp³-hybridized carbons (Fsp3) is 0.222. The van der Waals surface area contributed by atoms with Crippen molar-refractivity contribution in [3.05, 3.63) is 35.4 Å². The SMILES string of the molecule is CN(F)C(=O)c1ccc(CN)cc1.Cl. The molecular weight excluding hydrogens is 207 g/mol. The molecule has 0 heterocycles. The molecule has 2 N–H and O–H groups in total. The number of carbonyl (C=O) groups excluding carboxylic acids is 1. The van der Waals surface area contributed by atoms with Gasteiger partial charge in [0.15, 0.2) is 0 Å². The van der Waals surface area contributed by atoms with Gasteiger partial charge in [0.2, 0.25) is 0 Å². The second kappa shape index (κ2) is 5.57. The van der Waals surface area contributed by atoms with Gasteiger partial charge in [-0.2, -0.15) is 5.12 Å². The van der Waals surface area contributed by atoms with Crippen molar-refractivity contribution < 1.29 is 9.28 Å². The predicted molar refractivity (Wildman–Crippen MR) is 54.8 cm³/mol. The van der Waals surface area contributed by atoms with Crippen LogP contribution < -0.4 is 5.73 Å². The van der Waals surface area contributed by atoms with E-state index in [2.05, 4.69) is 0 Å². The molecule has 0 bridgehead atoms. The second-order valence-corrected chi connectivity index (χ2v) is 2.68. The van der Waals surface area contributed by atoms with Gasteiger partial charge in [-0.3, -0.25) is 4.79 Å². The Balaban J connectivity index is 0.00000169. The molecule has 0 unspecified atom stereocenters. The Morgan fingerprint density at radius 3 is 2.29 bits per heavy atom. The first-order chi connectivity index (χ1) is 6.15. The molecule has 0 fully saturated rings. The lowest BCUT2D eigenvalue weighted by Gasteiger charge is -2.05. The van der Waals surface area contributed by atoms with E-state index in [0.29, 0.717) is 12.1 Å². The van der Waals surface area contributed by atoms with Crippen molar-refractivity contribution >= 4 is 18.3 Å². The molecule has 14 heavy (non-hydrogen) atoms. The van der Waals surface area contributed by atoms with Crippen LogP contribution in [0.25, 0.3) is 0 Å². The van der Waals surface area contributed by atoms with Gasteiger partial charge >= 0.3 is 0 Å². The third kappa shape index (κ3) is 2.97. The molecule has 0 aromatic heterocycles. The number of benzene rings is 1. The molecule has 1 rings (SSSR count). The van der Waals surface area contributed by atoms with E-state index in [1.165, 1.54) is 0 Å². The summed E-state index contributed by atoms with van der Waals surface area (Å²) in [4.78, 5) is 11.1. The molecule has 0 atom stereocenters. The predicted octanol–water partition coefficient (Wildman–Crippen LogP) is 1.52. The van der Waals surface area contributed by atoms with Crippen LogP contribution in [0.2, 0.25) is 0 Å². The first-order valence-corrected chi connectivity index (χ1v) is 3.88. The van der Waals surface area contributed by atoms with E-state index < -0.39 is 5.91 Å². The molecule has 0 aliphatic rings. The highest BCUT2D eigenvalue weighted by Crippen LogP contribution is 2.06. The van der Waals surface area contributed by atoms with Gasteiger partial charge in [-0.15, -0.1) is 12.4 Å². The summed E-state index contributed by atoms with van der Waals surface area (Å²) in [6, 6.07) is 6.52. The maximum absolute atomic E-state index is 12.4. The lowest BCUT2D eigenvalue weighted by molar-refractivity contribution is 0.0343. The number of nitrogens with zero attached hydrogens (tertiary/aromatic N) is 1. The third-order valence-corrected chi connectivity index (χ3v) is 1.72. The topological polar surface area (TPSA) is 46.3 Å². The fourth-order valence-corrected chi connectivity index (χ4v) is 0.961. The normalized spacial score (nSPS) is 9.07. The largest absolute Gasteiger partial charge is 0.326 e. The van der Waals surface area contributed by atoms with Crippen LogP contribution >= 0.6 is 12.4 Å². The minimum atomic E-state index is -0.649. The lowest BCUT2D eigenvalue weighted by atomic mass is 10.1. The van der Waals surface area contributed by atoms with Crippen molar-refractivity contribution in [1.82, 2.24) is 5.12 Å². The highest BCUT2D eigenvalue weighted by Gasteiger charge is 2.09. The molecule has 3 nitrogen and oxygen atoms in total. The molecule has 0 saturated heterocycles. The summed E-state index contributed by atoms with van der Waals surface area (Å²) in [7, 11) is 1.07. The molecule has 0 saturated carbocycles. The van der Waals surface area contributed by atoms with Crippen LogP contribution in [0.3, 0.4) is 0 Å². The molecule has 78 valence electrons. The Morgan fingerprint density at radius 2 is 1.93 bits per heavy atom. The number of nitrogens with two attached hydrogens (primary N) is 1. The highest BCUT2D eigenvalue weighted by molar-refractivity contribution is 5.93. The van der Waals surface area contributed by atoms with Crippen LogP contribution in [0, 0.1) is 0 Å². The zero-order chi connectivity index (χ0) is 9.84. The number of halogens is 2. The molecule has 5 heteroatoms. The van der Waals surface area contributed by atoms with Gasteiger partial charge in [0, 0.05) is 19.2 Å². The van der Waals surface area contributed by atoms with Gasteiger partial charge in [-0.1, -0.05) is 16.6 Å². The van der Waals surface area contributed by atoms with Crippen LogP contribution in [0.4, 0.5) is 4.48 Å². The lowest BCUT2D eigenvalue weighted by Crippen LogP contribution is -2.17. The summed E-state index contributed by atoms with van der Waals surface area (Å²) >= 11 is 0. The van der Waals surface area contributed by atoms with E-state index in [1.807, 2.05) is 0 Å². The van der Waals surface area contributed by atoms with E-state index >= 15 is 0 Å². The van der Waals surface area contributed by atoms with Crippen LogP contribution in [-0.2, 0) is 6.54 Å². The molecule has 1 aromatic carbocycles. The van der Waals surface area contributed by atoms with Crippen molar-refractivity contribution in [3.63, 3.8) is 0 Å². The molecule has 1 amide bonds. The Bertz CT molecular complexity index is 300. The number of rotatable bonds is 2. The first kappa shape index (κ1) is 12.9. The smallest absolute Gasteiger partial charge is 0.281 e. The quantitative estimate of drug-likeness (QED) is 0.766. The summed E-state index contributed by atoms with van der Waals surface area (Å²) in [5, 5.41) is 0.0530. The molecular formula is C9H12ClFN2O. The van der Waals surface area contributed by atoms with Crippen molar-refractivity contribution in [2.45, 2.75) is 6.54 Å². The summed E-state index contributed by atoms with van der Waals surface area (Å²) in [6.45, 7) is 0.417. The second-order valence-electron chi connectivity index (χ2n) is 2.68. The monoisotopic (exact) mass is 218 g/mol. The van der Waals surface area contributed by atoms with Gasteiger partial charge in [0.05, 0.1) is 0 Å². The number of hydrogen-bond acceptors (Lipinski definition) is 2. The van der Waals surface area contributed by atoms with Gasteiger partial charge in [-0.25, -0.2) is 0 Å². The van der Waals surface area contributed by atoms with E-state index in [9.17, 15) is 9.28 Å². The van der Waals surface area contributed by atoms with E-state index in [0.717, 1.165) is 12.6 Å². The van der Waals surface area contributed by atoms with Crippen molar-refractivity contribution in [3.8, 4) is 0 Å². The summed E-state index contributed by atoms with van der Waals surface area (Å²) in [5.41, 5.74) is 6.60. The number of amides is 1. The summed E-state index contributed by atoms with van der Waals surface area (Å²) in [6.07, 6.45) is 0. The molecule has 1 aromatic rings. The standard InChI is InChI=1S/C9H11FN2O.ClH/c1-12(10)9(13)8-4-2-7(6-11)3-5-8;/h2-5H,6,11H2,1H3;1H. The van der Waals surface area contributed by atoms with Gasteiger partial charge < -0.3 is 5.73 Å². The zero-order valence-corrected chi connectivity index (χ0v) is 8.55. The van der Waals surface area contributed by atoms with E-state index in [-0.39, 0.29) is 17.5 Å². The highest BCUT2D eigenvalue weighted by atomic mass is 35.5. The van der Waals surface area contributed by atoms with Gasteiger partial charge in [0.1, 0.15) is 0 Å². The van der Waals surface area contributed by atoms with Gasteiger partial charge in [0.25, 0.3) is 5.91 Å². The third-order valence-electron chi connectivity index (χ3n) is 1.72. The molecule has 0 aliphatic heterocycles. The Hall–Kier alpha value is -1.13. The van der Waals surface area contributed by atoms with Crippen LogP contribution in [0.5, 0.6) is 0 Å². The minimum absolute atomic E-state index is 0. The number of hydrogen-bond donors (Lipinski definition) is 1. The van der Waals surface area contributed by atoms with Crippen LogP contribution in [0.1, 0.15) is 15.9 Å². The van der Waals surface area contributed by atoms with Crippen molar-refractivity contribution in [1.29, 1.82) is 0 Å². The van der Waals surface area contributed by atoms with Gasteiger partial charge in [-0.05, 0) is 17.7 Å². The Labute approximate surface area is 88.0 Å². The molecule has 0 radical (unpaired) electrons. The number of carbonyl (C=O) groups is 1. The Morgan fingerprint density at radius 1 is 1.43 bits per heavy atom. The summed E-state index contributed by atoms with van der Waals surface area (Å²) in [5.74, 6) is -0.649. The van der Waals surface area contributed by atoms with E-state index in [1.54, 1.807) is 24.3 Å². The average molecular weight is 219 g/mol. The maximum atomic E-state index is 12.4.